The molecule has 1 N–H and O–H groups in total. The molecule has 0 aromatic heterocycles. The summed E-state index contributed by atoms with van der Waals surface area (Å²) in [7, 11) is -4.02. The van der Waals surface area contributed by atoms with E-state index >= 15 is 0 Å². The zero-order valence-electron chi connectivity index (χ0n) is 18.3. The number of hydrogen-bond acceptors (Lipinski definition) is 2. The first-order chi connectivity index (χ1) is 15.5. The van der Waals surface area contributed by atoms with E-state index in [-0.39, 0.29) is 17.1 Å². The minimum absolute atomic E-state index is 0.00935. The fraction of sp³-hybridized carbons (Fsp3) is 0.143. The number of hydrogen-bond donors (Lipinski definition) is 1. The lowest BCUT2D eigenvalue weighted by Crippen LogP contribution is -2.10. The van der Waals surface area contributed by atoms with Gasteiger partial charge in [0.25, 0.3) is 0 Å². The summed E-state index contributed by atoms with van der Waals surface area (Å²) < 4.78 is 18.9. The molecule has 3 unspecified atom stereocenters. The number of rotatable bonds is 7. The van der Waals surface area contributed by atoms with Crippen molar-refractivity contribution in [2.45, 2.75) is 25.7 Å². The summed E-state index contributed by atoms with van der Waals surface area (Å²) in [6.07, 6.45) is 0. The monoisotopic (exact) mass is 442 g/mol. The SMILES string of the molecule is CC(c1ccccc1)c1ccc(OP(=O)(O)c2ccccc2)c(C(C)c2ccccc2)c1. The smallest absolute Gasteiger partial charge is 0.408 e. The third-order valence-electron chi connectivity index (χ3n) is 5.90. The normalized spacial score (nSPS) is 14.8. The van der Waals surface area contributed by atoms with E-state index in [1.54, 1.807) is 24.3 Å². The Morgan fingerprint density at radius 1 is 0.656 bits per heavy atom. The average Bonchev–Trinajstić information content (AvgIpc) is 2.85. The molecule has 4 aromatic carbocycles. The van der Waals surface area contributed by atoms with Crippen LogP contribution in [0, 0.1) is 0 Å². The van der Waals surface area contributed by atoms with Crippen LogP contribution in [-0.4, -0.2) is 4.89 Å². The molecule has 0 aliphatic carbocycles. The summed E-state index contributed by atoms with van der Waals surface area (Å²) in [6.45, 7) is 4.27. The zero-order valence-corrected chi connectivity index (χ0v) is 19.2. The molecular formula is C28H27O3P. The predicted octanol–water partition coefficient (Wildman–Crippen LogP) is 6.88. The van der Waals surface area contributed by atoms with Gasteiger partial charge in [0.1, 0.15) is 5.75 Å². The van der Waals surface area contributed by atoms with Crippen LogP contribution in [0.25, 0.3) is 0 Å². The maximum absolute atomic E-state index is 13.1. The van der Waals surface area contributed by atoms with Gasteiger partial charge in [-0.3, -0.25) is 0 Å². The molecule has 32 heavy (non-hydrogen) atoms. The Hall–Kier alpha value is -3.13. The van der Waals surface area contributed by atoms with Gasteiger partial charge in [-0.15, -0.1) is 0 Å². The van der Waals surface area contributed by atoms with Crippen molar-refractivity contribution in [3.63, 3.8) is 0 Å². The lowest BCUT2D eigenvalue weighted by atomic mass is 9.87. The van der Waals surface area contributed by atoms with Gasteiger partial charge in [0.05, 0.1) is 5.30 Å². The maximum Gasteiger partial charge on any atom is 0.408 e. The van der Waals surface area contributed by atoms with Gasteiger partial charge in [-0.1, -0.05) is 105 Å². The molecule has 0 bridgehead atoms. The van der Waals surface area contributed by atoms with Crippen LogP contribution >= 0.6 is 7.60 Å². The molecule has 4 aromatic rings. The molecule has 0 aliphatic heterocycles. The Bertz CT molecular complexity index is 1210. The molecule has 0 amide bonds. The van der Waals surface area contributed by atoms with E-state index in [4.69, 9.17) is 4.52 Å². The molecular weight excluding hydrogens is 415 g/mol. The Labute approximate surface area is 189 Å². The highest BCUT2D eigenvalue weighted by molar-refractivity contribution is 7.61. The Kier molecular flexibility index (Phi) is 6.60. The van der Waals surface area contributed by atoms with Gasteiger partial charge in [-0.05, 0) is 34.9 Å². The quantitative estimate of drug-likeness (QED) is 0.317. The van der Waals surface area contributed by atoms with Gasteiger partial charge >= 0.3 is 7.60 Å². The van der Waals surface area contributed by atoms with Crippen molar-refractivity contribution in [1.29, 1.82) is 0 Å². The fourth-order valence-corrected chi connectivity index (χ4v) is 5.00. The first kappa shape index (κ1) is 22.1. The molecule has 0 spiro atoms. The van der Waals surface area contributed by atoms with Crippen LogP contribution in [-0.2, 0) is 4.57 Å². The predicted molar refractivity (Wildman–Crippen MR) is 131 cm³/mol. The zero-order chi connectivity index (χ0) is 22.6. The second-order valence-electron chi connectivity index (χ2n) is 8.01. The lowest BCUT2D eigenvalue weighted by Gasteiger charge is -2.22. The van der Waals surface area contributed by atoms with Crippen molar-refractivity contribution >= 4 is 12.9 Å². The molecule has 0 aliphatic rings. The second-order valence-corrected chi connectivity index (χ2v) is 9.75. The van der Waals surface area contributed by atoms with E-state index in [2.05, 4.69) is 44.2 Å². The molecule has 0 radical (unpaired) electrons. The van der Waals surface area contributed by atoms with Crippen molar-refractivity contribution in [3.8, 4) is 5.75 Å². The van der Waals surface area contributed by atoms with Gasteiger partial charge in [-0.2, -0.15) is 0 Å². The summed E-state index contributed by atoms with van der Waals surface area (Å²) >= 11 is 0. The highest BCUT2D eigenvalue weighted by Crippen LogP contribution is 2.45. The molecule has 0 saturated heterocycles. The van der Waals surface area contributed by atoms with Crippen LogP contribution in [0.3, 0.4) is 0 Å². The molecule has 0 heterocycles. The van der Waals surface area contributed by atoms with Crippen molar-refractivity contribution in [1.82, 2.24) is 0 Å². The molecule has 162 valence electrons. The van der Waals surface area contributed by atoms with E-state index in [1.807, 2.05) is 54.6 Å². The molecule has 4 heteroatoms. The van der Waals surface area contributed by atoms with E-state index in [9.17, 15) is 9.46 Å². The van der Waals surface area contributed by atoms with Crippen molar-refractivity contribution in [2.75, 3.05) is 0 Å². The van der Waals surface area contributed by atoms with Crippen LogP contribution in [0.1, 0.15) is 47.9 Å². The summed E-state index contributed by atoms with van der Waals surface area (Å²) in [5.41, 5.74) is 4.36. The second kappa shape index (κ2) is 9.56. The van der Waals surface area contributed by atoms with E-state index in [0.29, 0.717) is 5.75 Å². The van der Waals surface area contributed by atoms with Crippen LogP contribution in [0.5, 0.6) is 5.75 Å². The van der Waals surface area contributed by atoms with Crippen LogP contribution < -0.4 is 9.83 Å². The van der Waals surface area contributed by atoms with Gasteiger partial charge in [0.2, 0.25) is 0 Å². The van der Waals surface area contributed by atoms with Crippen LogP contribution in [0.15, 0.2) is 109 Å². The first-order valence-corrected chi connectivity index (χ1v) is 12.3. The summed E-state index contributed by atoms with van der Waals surface area (Å²) in [5, 5.41) is 0.278. The molecule has 3 atom stereocenters. The Morgan fingerprint density at radius 2 is 1.16 bits per heavy atom. The van der Waals surface area contributed by atoms with Gasteiger partial charge in [0.15, 0.2) is 0 Å². The standard InChI is InChI=1S/C28H27O3P/c1-21(23-12-6-3-7-13-23)25-18-19-28(31-32(29,30)26-16-10-5-11-17-26)27(20-25)22(2)24-14-8-4-9-15-24/h3-22H,1-2H3,(H,29,30). The molecule has 0 fully saturated rings. The van der Waals surface area contributed by atoms with Crippen LogP contribution in [0.4, 0.5) is 0 Å². The Balaban J connectivity index is 1.76. The van der Waals surface area contributed by atoms with Crippen molar-refractivity contribution in [2.24, 2.45) is 0 Å². The highest BCUT2D eigenvalue weighted by Gasteiger charge is 2.27. The lowest BCUT2D eigenvalue weighted by molar-refractivity contribution is 0.391. The third-order valence-corrected chi connectivity index (χ3v) is 7.30. The van der Waals surface area contributed by atoms with E-state index < -0.39 is 7.60 Å². The molecule has 3 nitrogen and oxygen atoms in total. The maximum atomic E-state index is 13.1. The number of benzene rings is 4. The topological polar surface area (TPSA) is 46.5 Å². The largest absolute Gasteiger partial charge is 0.421 e. The van der Waals surface area contributed by atoms with Crippen LogP contribution in [0.2, 0.25) is 0 Å². The minimum Gasteiger partial charge on any atom is -0.421 e. The summed E-state index contributed by atoms with van der Waals surface area (Å²) in [6, 6.07) is 34.9. The van der Waals surface area contributed by atoms with Gasteiger partial charge in [-0.25, -0.2) is 4.57 Å². The minimum atomic E-state index is -4.02. The molecule has 0 saturated carbocycles. The Morgan fingerprint density at radius 3 is 1.72 bits per heavy atom. The summed E-state index contributed by atoms with van der Waals surface area (Å²) in [4.78, 5) is 10.7. The fourth-order valence-electron chi connectivity index (χ4n) is 3.92. The van der Waals surface area contributed by atoms with Crippen molar-refractivity contribution < 1.29 is 14.0 Å². The van der Waals surface area contributed by atoms with Gasteiger partial charge < -0.3 is 9.42 Å². The third kappa shape index (κ3) is 4.85. The summed E-state index contributed by atoms with van der Waals surface area (Å²) in [5.74, 6) is 0.604. The van der Waals surface area contributed by atoms with Crippen molar-refractivity contribution in [3.05, 3.63) is 131 Å². The van der Waals surface area contributed by atoms with E-state index in [1.165, 1.54) is 5.56 Å². The average molecular weight is 442 g/mol. The highest BCUT2D eigenvalue weighted by atomic mass is 31.2. The first-order valence-electron chi connectivity index (χ1n) is 10.8. The molecule has 4 rings (SSSR count). The van der Waals surface area contributed by atoms with Gasteiger partial charge in [0, 0.05) is 17.4 Å². The van der Waals surface area contributed by atoms with E-state index in [0.717, 1.165) is 16.7 Å².